The normalized spacial score (nSPS) is 20.3. The maximum absolute atomic E-state index is 13.5. The van der Waals surface area contributed by atoms with Gasteiger partial charge in [-0.15, -0.1) is 0 Å². The summed E-state index contributed by atoms with van der Waals surface area (Å²) in [5, 5.41) is 1.50. The van der Waals surface area contributed by atoms with E-state index in [0.29, 0.717) is 60.5 Å². The van der Waals surface area contributed by atoms with E-state index in [2.05, 4.69) is 0 Å². The van der Waals surface area contributed by atoms with Gasteiger partial charge in [-0.2, -0.15) is 0 Å². The van der Waals surface area contributed by atoms with Crippen molar-refractivity contribution >= 4 is 58.3 Å². The number of amides is 4. The van der Waals surface area contributed by atoms with E-state index in [0.717, 1.165) is 11.3 Å². The maximum Gasteiger partial charge on any atom is 0.324 e. The van der Waals surface area contributed by atoms with Gasteiger partial charge in [0.05, 0.1) is 10.0 Å². The summed E-state index contributed by atoms with van der Waals surface area (Å²) in [4.78, 5) is 45.8. The van der Waals surface area contributed by atoms with E-state index in [1.165, 1.54) is 0 Å². The number of urea groups is 1. The average molecular weight is 580 g/mol. The lowest BCUT2D eigenvalue weighted by Gasteiger charge is -2.45. The SMILES string of the molecule is CC(=O)N1CCC(C(=O)N2CC[C@@H](N(C)C(=O)N(C)c3ccc(Cl)cc3)[C@H](c3ccc(Cl)c(Cl)c3)C2)CC1. The molecule has 7 nitrogen and oxygen atoms in total. The van der Waals surface area contributed by atoms with Crippen molar-refractivity contribution in [3.05, 3.63) is 63.1 Å². The van der Waals surface area contributed by atoms with E-state index in [-0.39, 0.29) is 35.7 Å². The third-order valence-electron chi connectivity index (χ3n) is 7.85. The molecule has 0 spiro atoms. The standard InChI is InChI=1S/C28H33Cl3N4O3/c1-18(36)34-13-10-19(11-14-34)27(37)35-15-12-26(23(17-35)20-4-9-24(30)25(31)16-20)33(3)28(38)32(2)22-7-5-21(29)6-8-22/h4-9,16,19,23,26H,10-15,17H2,1-3H3/t23-,26+/m0/s1. The molecule has 4 rings (SSSR count). The lowest BCUT2D eigenvalue weighted by molar-refractivity contribution is -0.141. The molecule has 0 aromatic heterocycles. The number of nitrogens with zero attached hydrogens (tertiary/aromatic N) is 4. The Morgan fingerprint density at radius 3 is 2.08 bits per heavy atom. The molecule has 0 aliphatic carbocycles. The molecule has 10 heteroatoms. The molecule has 204 valence electrons. The van der Waals surface area contributed by atoms with Crippen molar-refractivity contribution in [2.24, 2.45) is 5.92 Å². The number of carbonyl (C=O) groups is 3. The van der Waals surface area contributed by atoms with Gasteiger partial charge < -0.3 is 14.7 Å². The maximum atomic E-state index is 13.5. The molecule has 0 bridgehead atoms. The number of likely N-dealkylation sites (tertiary alicyclic amines) is 2. The second-order valence-corrected chi connectivity index (χ2v) is 11.4. The predicted octanol–water partition coefficient (Wildman–Crippen LogP) is 5.78. The van der Waals surface area contributed by atoms with Crippen LogP contribution in [0.25, 0.3) is 0 Å². The van der Waals surface area contributed by atoms with Gasteiger partial charge in [0.15, 0.2) is 0 Å². The Kier molecular flexibility index (Phi) is 9.11. The second-order valence-electron chi connectivity index (χ2n) is 10.1. The van der Waals surface area contributed by atoms with Crippen LogP contribution in [0, 0.1) is 5.92 Å². The summed E-state index contributed by atoms with van der Waals surface area (Å²) < 4.78 is 0. The Bertz CT molecular complexity index is 1180. The zero-order valence-electron chi connectivity index (χ0n) is 21.9. The molecule has 2 aliphatic heterocycles. The van der Waals surface area contributed by atoms with Crippen LogP contribution in [-0.2, 0) is 9.59 Å². The van der Waals surface area contributed by atoms with Gasteiger partial charge in [0, 0.05) is 75.8 Å². The first-order chi connectivity index (χ1) is 18.1. The third-order valence-corrected chi connectivity index (χ3v) is 8.84. The van der Waals surface area contributed by atoms with Crippen LogP contribution in [0.15, 0.2) is 42.5 Å². The molecule has 2 fully saturated rings. The zero-order chi connectivity index (χ0) is 27.6. The summed E-state index contributed by atoms with van der Waals surface area (Å²) in [5.74, 6) is -0.0870. The number of hydrogen-bond acceptors (Lipinski definition) is 3. The minimum Gasteiger partial charge on any atom is -0.343 e. The summed E-state index contributed by atoms with van der Waals surface area (Å²) in [5.41, 5.74) is 1.67. The molecule has 0 radical (unpaired) electrons. The van der Waals surface area contributed by atoms with Crippen molar-refractivity contribution in [2.45, 2.75) is 38.1 Å². The Balaban J connectivity index is 1.54. The molecule has 0 N–H and O–H groups in total. The number of piperidine rings is 2. The molecule has 2 aromatic rings. The summed E-state index contributed by atoms with van der Waals surface area (Å²) in [6, 6.07) is 12.3. The van der Waals surface area contributed by atoms with Crippen molar-refractivity contribution in [1.29, 1.82) is 0 Å². The van der Waals surface area contributed by atoms with Gasteiger partial charge in [0.25, 0.3) is 0 Å². The zero-order valence-corrected chi connectivity index (χ0v) is 24.1. The summed E-state index contributed by atoms with van der Waals surface area (Å²) in [7, 11) is 3.54. The predicted molar refractivity (Wildman–Crippen MR) is 152 cm³/mol. The quantitative estimate of drug-likeness (QED) is 0.461. The summed E-state index contributed by atoms with van der Waals surface area (Å²) in [6.45, 7) is 3.80. The largest absolute Gasteiger partial charge is 0.343 e. The fourth-order valence-electron chi connectivity index (χ4n) is 5.53. The first-order valence-electron chi connectivity index (χ1n) is 12.8. The Hall–Kier alpha value is -2.48. The van der Waals surface area contributed by atoms with E-state index < -0.39 is 0 Å². The summed E-state index contributed by atoms with van der Waals surface area (Å²) >= 11 is 18.6. The van der Waals surface area contributed by atoms with Crippen molar-refractivity contribution in [3.63, 3.8) is 0 Å². The van der Waals surface area contributed by atoms with E-state index in [1.807, 2.05) is 29.2 Å². The minimum absolute atomic E-state index is 0.0488. The Morgan fingerprint density at radius 1 is 0.842 bits per heavy atom. The first-order valence-corrected chi connectivity index (χ1v) is 14.0. The van der Waals surface area contributed by atoms with Crippen molar-refractivity contribution < 1.29 is 14.4 Å². The van der Waals surface area contributed by atoms with Gasteiger partial charge >= 0.3 is 6.03 Å². The average Bonchev–Trinajstić information content (AvgIpc) is 2.93. The molecule has 4 amide bonds. The fraction of sp³-hybridized carbons (Fsp3) is 0.464. The van der Waals surface area contributed by atoms with Gasteiger partial charge in [0.2, 0.25) is 11.8 Å². The second kappa shape index (κ2) is 12.1. The van der Waals surface area contributed by atoms with Crippen LogP contribution in [0.1, 0.15) is 37.7 Å². The topological polar surface area (TPSA) is 64.2 Å². The lowest BCUT2D eigenvalue weighted by atomic mass is 9.84. The van der Waals surface area contributed by atoms with E-state index in [1.54, 1.807) is 53.9 Å². The molecule has 2 aliphatic rings. The van der Waals surface area contributed by atoms with E-state index >= 15 is 0 Å². The van der Waals surface area contributed by atoms with Gasteiger partial charge in [-0.3, -0.25) is 14.5 Å². The van der Waals surface area contributed by atoms with Crippen molar-refractivity contribution in [2.75, 3.05) is 45.2 Å². The summed E-state index contributed by atoms with van der Waals surface area (Å²) in [6.07, 6.45) is 1.96. The van der Waals surface area contributed by atoms with Crippen LogP contribution in [0.2, 0.25) is 15.1 Å². The van der Waals surface area contributed by atoms with E-state index in [9.17, 15) is 14.4 Å². The van der Waals surface area contributed by atoms with Gasteiger partial charge in [-0.1, -0.05) is 40.9 Å². The molecular weight excluding hydrogens is 547 g/mol. The molecule has 2 heterocycles. The van der Waals surface area contributed by atoms with Crippen LogP contribution in [-0.4, -0.2) is 78.9 Å². The fourth-order valence-corrected chi connectivity index (χ4v) is 5.96. The monoisotopic (exact) mass is 578 g/mol. The number of benzene rings is 2. The number of hydrogen-bond donors (Lipinski definition) is 0. The highest BCUT2D eigenvalue weighted by Crippen LogP contribution is 2.36. The van der Waals surface area contributed by atoms with Gasteiger partial charge in [0.1, 0.15) is 0 Å². The van der Waals surface area contributed by atoms with Crippen molar-refractivity contribution in [3.8, 4) is 0 Å². The minimum atomic E-state index is -0.155. The Morgan fingerprint density at radius 2 is 1.47 bits per heavy atom. The number of anilines is 1. The lowest BCUT2D eigenvalue weighted by Crippen LogP contribution is -2.55. The highest BCUT2D eigenvalue weighted by Gasteiger charge is 2.39. The van der Waals surface area contributed by atoms with Gasteiger partial charge in [-0.05, 0) is 61.2 Å². The molecule has 38 heavy (non-hydrogen) atoms. The number of likely N-dealkylation sites (N-methyl/N-ethyl adjacent to an activating group) is 1. The van der Waals surface area contributed by atoms with Crippen LogP contribution in [0.4, 0.5) is 10.5 Å². The van der Waals surface area contributed by atoms with Crippen molar-refractivity contribution in [1.82, 2.24) is 14.7 Å². The van der Waals surface area contributed by atoms with E-state index in [4.69, 9.17) is 34.8 Å². The highest BCUT2D eigenvalue weighted by molar-refractivity contribution is 6.42. The van der Waals surface area contributed by atoms with Gasteiger partial charge in [-0.25, -0.2) is 4.79 Å². The third kappa shape index (κ3) is 6.22. The van der Waals surface area contributed by atoms with Crippen LogP contribution in [0.5, 0.6) is 0 Å². The molecule has 0 unspecified atom stereocenters. The Labute approximate surface area is 239 Å². The molecule has 2 aromatic carbocycles. The number of halogens is 3. The molecule has 0 saturated carbocycles. The molecular formula is C28H33Cl3N4O3. The highest BCUT2D eigenvalue weighted by atomic mass is 35.5. The van der Waals surface area contributed by atoms with Crippen LogP contribution < -0.4 is 4.90 Å². The first kappa shape index (κ1) is 28.5. The number of carbonyl (C=O) groups excluding carboxylic acids is 3. The smallest absolute Gasteiger partial charge is 0.324 e. The number of rotatable bonds is 4. The van der Waals surface area contributed by atoms with Crippen LogP contribution >= 0.6 is 34.8 Å². The van der Waals surface area contributed by atoms with Crippen LogP contribution in [0.3, 0.4) is 0 Å². The molecule has 2 saturated heterocycles. The molecule has 2 atom stereocenters.